The molecule has 1 saturated heterocycles. The Morgan fingerprint density at radius 1 is 1.28 bits per heavy atom. The van der Waals surface area contributed by atoms with E-state index < -0.39 is 0 Å². The first-order valence-corrected chi connectivity index (χ1v) is 5.81. The summed E-state index contributed by atoms with van der Waals surface area (Å²) >= 11 is 0. The van der Waals surface area contributed by atoms with Crippen molar-refractivity contribution in [3.63, 3.8) is 0 Å². The Morgan fingerprint density at radius 2 is 1.94 bits per heavy atom. The van der Waals surface area contributed by atoms with Crippen LogP contribution in [0.5, 0.6) is 0 Å². The fourth-order valence-electron chi connectivity index (χ4n) is 2.12. The average Bonchev–Trinajstić information content (AvgIpc) is 2.39. The molecular formula is C12H15N3O3. The lowest BCUT2D eigenvalue weighted by Gasteiger charge is -2.33. The number of benzene rings is 1. The maximum atomic E-state index is 11.0. The summed E-state index contributed by atoms with van der Waals surface area (Å²) in [6.07, 6.45) is 0.820. The van der Waals surface area contributed by atoms with Crippen LogP contribution >= 0.6 is 0 Å². The highest BCUT2D eigenvalue weighted by Crippen LogP contribution is 2.29. The van der Waals surface area contributed by atoms with E-state index in [4.69, 9.17) is 0 Å². The van der Waals surface area contributed by atoms with Gasteiger partial charge in [-0.2, -0.15) is 0 Å². The van der Waals surface area contributed by atoms with Crippen molar-refractivity contribution < 1.29 is 9.72 Å². The van der Waals surface area contributed by atoms with E-state index in [1.165, 1.54) is 0 Å². The fraction of sp³-hybridized carbons (Fsp3) is 0.417. The molecule has 6 nitrogen and oxygen atoms in total. The zero-order chi connectivity index (χ0) is 13.1. The number of aryl methyl sites for hydroxylation is 1. The van der Waals surface area contributed by atoms with Gasteiger partial charge in [-0.3, -0.25) is 14.9 Å². The van der Waals surface area contributed by atoms with Crippen LogP contribution in [-0.2, 0) is 4.79 Å². The first kappa shape index (κ1) is 12.3. The molecule has 96 valence electrons. The lowest BCUT2D eigenvalue weighted by Crippen LogP contribution is -2.45. The van der Waals surface area contributed by atoms with E-state index in [-0.39, 0.29) is 10.6 Å². The Morgan fingerprint density at radius 3 is 2.50 bits per heavy atom. The number of carbonyl (C=O) groups excluding carboxylic acids is 1. The summed E-state index contributed by atoms with van der Waals surface area (Å²) in [5, 5.41) is 11.0. The fourth-order valence-corrected chi connectivity index (χ4v) is 2.12. The maximum Gasteiger partial charge on any atom is 0.292 e. The first-order chi connectivity index (χ1) is 8.61. The zero-order valence-corrected chi connectivity index (χ0v) is 10.2. The molecule has 1 aliphatic heterocycles. The number of piperazine rings is 1. The first-order valence-electron chi connectivity index (χ1n) is 5.81. The second-order valence-corrected chi connectivity index (χ2v) is 4.38. The lowest BCUT2D eigenvalue weighted by atomic mass is 10.1. The molecule has 1 aliphatic rings. The second kappa shape index (κ2) is 5.03. The molecule has 2 rings (SSSR count). The van der Waals surface area contributed by atoms with Gasteiger partial charge < -0.3 is 9.80 Å². The van der Waals surface area contributed by atoms with E-state index in [2.05, 4.69) is 0 Å². The van der Waals surface area contributed by atoms with Gasteiger partial charge in [0.2, 0.25) is 6.41 Å². The van der Waals surface area contributed by atoms with Crippen LogP contribution in [0.4, 0.5) is 11.4 Å². The Hall–Kier alpha value is -2.11. The molecule has 6 heteroatoms. The summed E-state index contributed by atoms with van der Waals surface area (Å²) in [6.45, 7) is 4.30. The molecule has 1 heterocycles. The third kappa shape index (κ3) is 2.42. The van der Waals surface area contributed by atoms with Crippen LogP contribution in [0.2, 0.25) is 0 Å². The third-order valence-electron chi connectivity index (χ3n) is 3.13. The Labute approximate surface area is 105 Å². The number of nitro groups is 1. The van der Waals surface area contributed by atoms with Gasteiger partial charge >= 0.3 is 0 Å². The van der Waals surface area contributed by atoms with Crippen molar-refractivity contribution in [3.05, 3.63) is 33.9 Å². The van der Waals surface area contributed by atoms with E-state index in [0.29, 0.717) is 31.9 Å². The molecule has 0 saturated carbocycles. The molecule has 0 aromatic heterocycles. The van der Waals surface area contributed by atoms with Crippen molar-refractivity contribution in [1.29, 1.82) is 0 Å². The van der Waals surface area contributed by atoms with Gasteiger partial charge in [-0.15, -0.1) is 0 Å². The molecule has 0 atom stereocenters. The van der Waals surface area contributed by atoms with E-state index in [1.54, 1.807) is 17.0 Å². The summed E-state index contributed by atoms with van der Waals surface area (Å²) in [5.41, 5.74) is 1.64. The summed E-state index contributed by atoms with van der Waals surface area (Å²) in [7, 11) is 0. The van der Waals surface area contributed by atoms with E-state index in [0.717, 1.165) is 12.0 Å². The van der Waals surface area contributed by atoms with Crippen molar-refractivity contribution >= 4 is 17.8 Å². The lowest BCUT2D eigenvalue weighted by molar-refractivity contribution is -0.384. The van der Waals surface area contributed by atoms with Crippen LogP contribution in [0, 0.1) is 17.0 Å². The number of rotatable bonds is 3. The van der Waals surface area contributed by atoms with E-state index in [9.17, 15) is 14.9 Å². The quantitative estimate of drug-likeness (QED) is 0.458. The van der Waals surface area contributed by atoms with Crippen molar-refractivity contribution in [2.24, 2.45) is 0 Å². The zero-order valence-electron chi connectivity index (χ0n) is 10.2. The van der Waals surface area contributed by atoms with Crippen LogP contribution in [0.1, 0.15) is 5.56 Å². The van der Waals surface area contributed by atoms with Crippen LogP contribution in [0.25, 0.3) is 0 Å². The summed E-state index contributed by atoms with van der Waals surface area (Å²) < 4.78 is 0. The molecule has 1 aromatic carbocycles. The minimum Gasteiger partial charge on any atom is -0.362 e. The van der Waals surface area contributed by atoms with Crippen LogP contribution < -0.4 is 4.90 Å². The Bertz CT molecular complexity index is 468. The Kier molecular flexibility index (Phi) is 3.45. The van der Waals surface area contributed by atoms with Gasteiger partial charge in [-0.05, 0) is 18.6 Å². The SMILES string of the molecule is Cc1ccc(N2CCN(C=O)CC2)c([N+](=O)[O-])c1. The van der Waals surface area contributed by atoms with Crippen molar-refractivity contribution in [2.45, 2.75) is 6.92 Å². The molecular weight excluding hydrogens is 234 g/mol. The van der Waals surface area contributed by atoms with Gasteiger partial charge in [0.15, 0.2) is 0 Å². The normalized spacial score (nSPS) is 15.6. The molecule has 0 aliphatic carbocycles. The third-order valence-corrected chi connectivity index (χ3v) is 3.13. The summed E-state index contributed by atoms with van der Waals surface area (Å²) in [6, 6.07) is 5.24. The van der Waals surface area contributed by atoms with Crippen LogP contribution in [0.3, 0.4) is 0 Å². The highest BCUT2D eigenvalue weighted by Gasteiger charge is 2.22. The maximum absolute atomic E-state index is 11.0. The molecule has 0 bridgehead atoms. The number of carbonyl (C=O) groups is 1. The smallest absolute Gasteiger partial charge is 0.292 e. The van der Waals surface area contributed by atoms with Crippen LogP contribution in [-0.4, -0.2) is 42.4 Å². The number of nitro benzene ring substituents is 1. The largest absolute Gasteiger partial charge is 0.362 e. The van der Waals surface area contributed by atoms with Gasteiger partial charge in [-0.1, -0.05) is 6.07 Å². The predicted octanol–water partition coefficient (Wildman–Crippen LogP) is 1.18. The minimum atomic E-state index is -0.353. The predicted molar refractivity (Wildman–Crippen MR) is 67.7 cm³/mol. The molecule has 18 heavy (non-hydrogen) atoms. The van der Waals surface area contributed by atoms with Gasteiger partial charge in [0.25, 0.3) is 5.69 Å². The molecule has 0 N–H and O–H groups in total. The highest BCUT2D eigenvalue weighted by atomic mass is 16.6. The number of hydrogen-bond donors (Lipinski definition) is 0. The van der Waals surface area contributed by atoms with Crippen molar-refractivity contribution in [2.75, 3.05) is 31.1 Å². The molecule has 0 unspecified atom stereocenters. The monoisotopic (exact) mass is 249 g/mol. The highest BCUT2D eigenvalue weighted by molar-refractivity contribution is 5.65. The molecule has 0 radical (unpaired) electrons. The average molecular weight is 249 g/mol. The van der Waals surface area contributed by atoms with E-state index in [1.807, 2.05) is 17.9 Å². The molecule has 0 spiro atoms. The number of anilines is 1. The van der Waals surface area contributed by atoms with Gasteiger partial charge in [0.05, 0.1) is 4.92 Å². The van der Waals surface area contributed by atoms with Crippen LogP contribution in [0.15, 0.2) is 18.2 Å². The number of amides is 1. The minimum absolute atomic E-state index is 0.134. The summed E-state index contributed by atoms with van der Waals surface area (Å²) in [5.74, 6) is 0. The molecule has 1 aromatic rings. The number of nitrogens with zero attached hydrogens (tertiary/aromatic N) is 3. The second-order valence-electron chi connectivity index (χ2n) is 4.38. The standard InChI is InChI=1S/C12H15N3O3/c1-10-2-3-11(12(8-10)15(17)18)14-6-4-13(9-16)5-7-14/h2-3,8-9H,4-7H2,1H3. The van der Waals surface area contributed by atoms with Gasteiger partial charge in [0, 0.05) is 32.2 Å². The van der Waals surface area contributed by atoms with Gasteiger partial charge in [-0.25, -0.2) is 0 Å². The Balaban J connectivity index is 2.23. The topological polar surface area (TPSA) is 66.7 Å². The summed E-state index contributed by atoms with van der Waals surface area (Å²) in [4.78, 5) is 25.0. The molecule has 1 amide bonds. The van der Waals surface area contributed by atoms with E-state index >= 15 is 0 Å². The molecule has 1 fully saturated rings. The van der Waals surface area contributed by atoms with Crippen molar-refractivity contribution in [1.82, 2.24) is 4.90 Å². The van der Waals surface area contributed by atoms with Crippen molar-refractivity contribution in [3.8, 4) is 0 Å². The number of hydrogen-bond acceptors (Lipinski definition) is 4. The van der Waals surface area contributed by atoms with Gasteiger partial charge in [0.1, 0.15) is 5.69 Å².